The van der Waals surface area contributed by atoms with Gasteiger partial charge in [-0.3, -0.25) is 9.48 Å². The van der Waals surface area contributed by atoms with E-state index in [1.165, 1.54) is 4.90 Å². The molecule has 0 fully saturated rings. The first-order valence-electron chi connectivity index (χ1n) is 8.92. The zero-order valence-corrected chi connectivity index (χ0v) is 16.5. The highest BCUT2D eigenvalue weighted by Crippen LogP contribution is 2.32. The molecule has 0 saturated carbocycles. The molecule has 0 spiro atoms. The molecule has 8 nitrogen and oxygen atoms in total. The monoisotopic (exact) mass is 429 g/mol. The van der Waals surface area contributed by atoms with Crippen LogP contribution in [0.5, 0.6) is 0 Å². The van der Waals surface area contributed by atoms with Crippen molar-refractivity contribution in [2.45, 2.75) is 39.0 Å². The smallest absolute Gasteiger partial charge is 0.399 e. The number of halogens is 4. The second kappa shape index (κ2) is 8.69. The van der Waals surface area contributed by atoms with Gasteiger partial charge in [0.2, 0.25) is 0 Å². The maximum absolute atomic E-state index is 14.3. The van der Waals surface area contributed by atoms with Crippen molar-refractivity contribution in [3.8, 4) is 0 Å². The molecule has 2 aromatic rings. The molecular formula is C18H23F4N7O. The van der Waals surface area contributed by atoms with Crippen molar-refractivity contribution >= 4 is 11.7 Å². The van der Waals surface area contributed by atoms with Gasteiger partial charge in [-0.15, -0.1) is 0 Å². The molecule has 0 saturated heterocycles. The second-order valence-corrected chi connectivity index (χ2v) is 6.69. The summed E-state index contributed by atoms with van der Waals surface area (Å²) in [6.07, 6.45) is -2.11. The lowest BCUT2D eigenvalue weighted by Crippen LogP contribution is -2.46. The summed E-state index contributed by atoms with van der Waals surface area (Å²) in [5, 5.41) is 7.41. The highest BCUT2D eigenvalue weighted by molar-refractivity contribution is 5.95. The van der Waals surface area contributed by atoms with Crippen LogP contribution >= 0.6 is 0 Å². The summed E-state index contributed by atoms with van der Waals surface area (Å²) < 4.78 is 54.7. The Kier molecular flexibility index (Phi) is 6.70. The Labute approximate surface area is 170 Å². The maximum atomic E-state index is 14.3. The first kappa shape index (κ1) is 23.1. The van der Waals surface area contributed by atoms with Gasteiger partial charge in [0.05, 0.1) is 12.1 Å². The molecule has 0 radical (unpaired) electrons. The third-order valence-corrected chi connectivity index (χ3v) is 4.65. The Morgan fingerprint density at radius 3 is 2.67 bits per heavy atom. The van der Waals surface area contributed by atoms with Crippen molar-refractivity contribution in [1.29, 1.82) is 0 Å². The standard InChI is InChI=1S/C18H20F4N6O.H3N/c1-3-27-7-5-14(26-27)25-13-8-10(2)28(9-12(13)23)17(29)11-4-6-24-16(15(11)19)18(20,21)22;/h4-7,10H,3,8-9,23H2,1-2H3,(H,25,26);1H3/t10-;/m0./s1. The fourth-order valence-electron chi connectivity index (χ4n) is 3.10. The summed E-state index contributed by atoms with van der Waals surface area (Å²) in [5.41, 5.74) is 4.66. The van der Waals surface area contributed by atoms with Gasteiger partial charge in [-0.25, -0.2) is 9.37 Å². The minimum Gasteiger partial charge on any atom is -0.399 e. The molecule has 2 aromatic heterocycles. The topological polar surface area (TPSA) is 124 Å². The van der Waals surface area contributed by atoms with Crippen molar-refractivity contribution in [1.82, 2.24) is 25.8 Å². The van der Waals surface area contributed by atoms with Crippen LogP contribution in [0.15, 0.2) is 35.9 Å². The lowest BCUT2D eigenvalue weighted by Gasteiger charge is -2.35. The van der Waals surface area contributed by atoms with Crippen molar-refractivity contribution in [2.24, 2.45) is 5.73 Å². The average Bonchev–Trinajstić information content (AvgIpc) is 3.11. The van der Waals surface area contributed by atoms with E-state index >= 15 is 0 Å². The van der Waals surface area contributed by atoms with Gasteiger partial charge in [-0.2, -0.15) is 18.3 Å². The van der Waals surface area contributed by atoms with E-state index in [0.717, 1.165) is 12.3 Å². The third kappa shape index (κ3) is 4.53. The summed E-state index contributed by atoms with van der Waals surface area (Å²) in [6.45, 7) is 4.30. The van der Waals surface area contributed by atoms with Crippen LogP contribution in [0.1, 0.15) is 36.3 Å². The number of hydrogen-bond donors (Lipinski definition) is 3. The molecule has 30 heavy (non-hydrogen) atoms. The molecule has 1 aliphatic rings. The number of nitrogens with one attached hydrogen (secondary N) is 1. The van der Waals surface area contributed by atoms with E-state index < -0.39 is 35.2 Å². The first-order chi connectivity index (χ1) is 13.6. The van der Waals surface area contributed by atoms with E-state index in [-0.39, 0.29) is 12.7 Å². The van der Waals surface area contributed by atoms with Crippen molar-refractivity contribution in [3.05, 3.63) is 53.0 Å². The number of hydrogen-bond acceptors (Lipinski definition) is 6. The minimum absolute atomic E-state index is 0. The van der Waals surface area contributed by atoms with Gasteiger partial charge < -0.3 is 22.1 Å². The van der Waals surface area contributed by atoms with E-state index in [1.807, 2.05) is 6.92 Å². The van der Waals surface area contributed by atoms with Crippen LogP contribution in [0.4, 0.5) is 23.4 Å². The number of anilines is 1. The molecule has 0 aliphatic carbocycles. The van der Waals surface area contributed by atoms with Crippen molar-refractivity contribution < 1.29 is 22.4 Å². The molecule has 0 aromatic carbocycles. The Balaban J connectivity index is 0.00000320. The first-order valence-corrected chi connectivity index (χ1v) is 8.92. The van der Waals surface area contributed by atoms with E-state index in [9.17, 15) is 22.4 Å². The number of nitrogens with two attached hydrogens (primary N) is 1. The molecule has 1 aliphatic heterocycles. The van der Waals surface area contributed by atoms with Gasteiger partial charge in [-0.1, -0.05) is 0 Å². The van der Waals surface area contributed by atoms with Gasteiger partial charge in [-0.05, 0) is 19.9 Å². The van der Waals surface area contributed by atoms with E-state index in [1.54, 1.807) is 23.9 Å². The average molecular weight is 429 g/mol. The number of carbonyl (C=O) groups is 1. The van der Waals surface area contributed by atoms with Crippen LogP contribution in [0, 0.1) is 5.82 Å². The van der Waals surface area contributed by atoms with Crippen LogP contribution < -0.4 is 17.2 Å². The zero-order chi connectivity index (χ0) is 21.3. The number of carbonyl (C=O) groups excluding carboxylic acids is 1. The number of rotatable bonds is 4. The predicted molar refractivity (Wildman–Crippen MR) is 102 cm³/mol. The van der Waals surface area contributed by atoms with Gasteiger partial charge in [0.15, 0.2) is 17.3 Å². The van der Waals surface area contributed by atoms with Gasteiger partial charge in [0, 0.05) is 48.9 Å². The Hall–Kier alpha value is -3.15. The molecule has 12 heteroatoms. The summed E-state index contributed by atoms with van der Waals surface area (Å²) in [5.74, 6) is -1.97. The lowest BCUT2D eigenvalue weighted by molar-refractivity contribution is -0.143. The summed E-state index contributed by atoms with van der Waals surface area (Å²) in [6, 6.07) is 2.29. The highest BCUT2D eigenvalue weighted by Gasteiger charge is 2.39. The minimum atomic E-state index is -4.99. The van der Waals surface area contributed by atoms with Crippen molar-refractivity contribution in [3.63, 3.8) is 0 Å². The zero-order valence-electron chi connectivity index (χ0n) is 16.5. The summed E-state index contributed by atoms with van der Waals surface area (Å²) in [4.78, 5) is 17.0. The molecule has 0 bridgehead atoms. The quantitative estimate of drug-likeness (QED) is 0.642. The maximum Gasteiger partial charge on any atom is 0.436 e. The van der Waals surface area contributed by atoms with Gasteiger partial charge >= 0.3 is 6.18 Å². The largest absolute Gasteiger partial charge is 0.436 e. The van der Waals surface area contributed by atoms with Gasteiger partial charge in [0.25, 0.3) is 5.91 Å². The van der Waals surface area contributed by atoms with Crippen LogP contribution in [-0.4, -0.2) is 38.2 Å². The SMILES string of the molecule is CCn1ccc(NC2=C(N)CN(C(=O)c3ccnc(C(F)(F)F)c3F)[C@@H](C)C2)n1.N. The number of aryl methyl sites for hydroxylation is 1. The summed E-state index contributed by atoms with van der Waals surface area (Å²) in [7, 11) is 0. The normalized spacial score (nSPS) is 17.0. The Bertz CT molecular complexity index is 954. The highest BCUT2D eigenvalue weighted by atomic mass is 19.4. The molecule has 1 amide bonds. The molecule has 6 N–H and O–H groups in total. The number of pyridine rings is 1. The number of alkyl halides is 3. The van der Waals surface area contributed by atoms with Crippen LogP contribution in [0.25, 0.3) is 0 Å². The van der Waals surface area contributed by atoms with Crippen LogP contribution in [0.3, 0.4) is 0 Å². The number of amides is 1. The fourth-order valence-corrected chi connectivity index (χ4v) is 3.10. The van der Waals surface area contributed by atoms with E-state index in [2.05, 4.69) is 15.4 Å². The molecule has 164 valence electrons. The van der Waals surface area contributed by atoms with E-state index in [0.29, 0.717) is 30.2 Å². The molecule has 1 atom stereocenters. The van der Waals surface area contributed by atoms with E-state index in [4.69, 9.17) is 5.73 Å². The molecule has 0 unspecified atom stereocenters. The van der Waals surface area contributed by atoms with Crippen LogP contribution in [-0.2, 0) is 12.7 Å². The van der Waals surface area contributed by atoms with Crippen LogP contribution in [0.2, 0.25) is 0 Å². The lowest BCUT2D eigenvalue weighted by atomic mass is 10.0. The second-order valence-electron chi connectivity index (χ2n) is 6.69. The molecule has 3 heterocycles. The predicted octanol–water partition coefficient (Wildman–Crippen LogP) is 3.13. The molecule has 3 rings (SSSR count). The summed E-state index contributed by atoms with van der Waals surface area (Å²) >= 11 is 0. The number of nitrogens with zero attached hydrogens (tertiary/aromatic N) is 4. The molecular weight excluding hydrogens is 406 g/mol. The Morgan fingerprint density at radius 1 is 1.37 bits per heavy atom. The van der Waals surface area contributed by atoms with Crippen molar-refractivity contribution in [2.75, 3.05) is 11.9 Å². The Morgan fingerprint density at radius 2 is 2.07 bits per heavy atom. The fraction of sp³-hybridized carbons (Fsp3) is 0.389. The third-order valence-electron chi connectivity index (χ3n) is 4.65. The number of aromatic nitrogens is 3. The van der Waals surface area contributed by atoms with Gasteiger partial charge in [0.1, 0.15) is 0 Å².